The van der Waals surface area contributed by atoms with Gasteiger partial charge in [-0.3, -0.25) is 0 Å². The van der Waals surface area contributed by atoms with Crippen molar-refractivity contribution in [3.63, 3.8) is 0 Å². The summed E-state index contributed by atoms with van der Waals surface area (Å²) in [5.74, 6) is 1.49. The second kappa shape index (κ2) is 10.6. The number of hydrogen-bond acceptors (Lipinski definition) is 4. The van der Waals surface area contributed by atoms with Crippen LogP contribution in [0.5, 0.6) is 11.5 Å². The van der Waals surface area contributed by atoms with E-state index in [0.717, 1.165) is 47.6 Å². The fourth-order valence-electron chi connectivity index (χ4n) is 2.61. The zero-order chi connectivity index (χ0) is 18.9. The van der Waals surface area contributed by atoms with Crippen LogP contribution in [0.15, 0.2) is 40.9 Å². The molecule has 0 radical (unpaired) electrons. The summed E-state index contributed by atoms with van der Waals surface area (Å²) >= 11 is 3.63. The highest BCUT2D eigenvalue weighted by Gasteiger charge is 2.12. The van der Waals surface area contributed by atoms with Crippen LogP contribution < -0.4 is 14.8 Å². The van der Waals surface area contributed by atoms with E-state index in [0.29, 0.717) is 6.61 Å². The third-order valence-electron chi connectivity index (χ3n) is 4.08. The first-order chi connectivity index (χ1) is 12.5. The van der Waals surface area contributed by atoms with Gasteiger partial charge in [-0.1, -0.05) is 29.8 Å². The lowest BCUT2D eigenvalue weighted by molar-refractivity contribution is 0.282. The number of benzene rings is 2. The highest BCUT2D eigenvalue weighted by molar-refractivity contribution is 9.10. The molecule has 2 aromatic rings. The first-order valence-electron chi connectivity index (χ1n) is 8.90. The van der Waals surface area contributed by atoms with Gasteiger partial charge in [0.1, 0.15) is 6.61 Å². The van der Waals surface area contributed by atoms with Crippen molar-refractivity contribution in [2.45, 2.75) is 26.5 Å². The Morgan fingerprint density at radius 1 is 1.08 bits per heavy atom. The van der Waals surface area contributed by atoms with Gasteiger partial charge in [0.05, 0.1) is 11.6 Å². The number of hydrogen-bond donors (Lipinski definition) is 1. The molecule has 142 valence electrons. The average molecular weight is 421 g/mol. The summed E-state index contributed by atoms with van der Waals surface area (Å²) in [7, 11) is 5.86. The van der Waals surface area contributed by atoms with E-state index in [-0.39, 0.29) is 0 Å². The molecular weight excluding hydrogens is 392 g/mol. The van der Waals surface area contributed by atoms with E-state index < -0.39 is 0 Å². The monoisotopic (exact) mass is 420 g/mol. The van der Waals surface area contributed by atoms with Crippen LogP contribution in [0.1, 0.15) is 23.1 Å². The molecule has 5 heteroatoms. The van der Waals surface area contributed by atoms with Crippen LogP contribution in [0, 0.1) is 6.92 Å². The Balaban J connectivity index is 1.96. The second-order valence-corrected chi connectivity index (χ2v) is 7.57. The Hall–Kier alpha value is -1.56. The smallest absolute Gasteiger partial charge is 0.175 e. The number of methoxy groups -OCH3 is 1. The number of nitrogens with zero attached hydrogens (tertiary/aromatic N) is 1. The molecule has 2 aromatic carbocycles. The largest absolute Gasteiger partial charge is 0.493 e. The van der Waals surface area contributed by atoms with E-state index in [1.165, 1.54) is 11.1 Å². The van der Waals surface area contributed by atoms with Crippen molar-refractivity contribution in [2.75, 3.05) is 34.3 Å². The van der Waals surface area contributed by atoms with Gasteiger partial charge >= 0.3 is 0 Å². The van der Waals surface area contributed by atoms with E-state index in [9.17, 15) is 0 Å². The lowest BCUT2D eigenvalue weighted by Gasteiger charge is -2.15. The fraction of sp³-hybridized carbons (Fsp3) is 0.429. The Kier molecular flexibility index (Phi) is 8.42. The summed E-state index contributed by atoms with van der Waals surface area (Å²) in [5.41, 5.74) is 3.55. The van der Waals surface area contributed by atoms with Gasteiger partial charge in [0, 0.05) is 6.54 Å². The quantitative estimate of drug-likeness (QED) is 0.577. The minimum absolute atomic E-state index is 0.511. The Morgan fingerprint density at radius 3 is 2.46 bits per heavy atom. The summed E-state index contributed by atoms with van der Waals surface area (Å²) in [5, 5.41) is 3.47. The van der Waals surface area contributed by atoms with E-state index in [1.54, 1.807) is 7.11 Å². The third kappa shape index (κ3) is 6.63. The molecule has 0 aliphatic carbocycles. The summed E-state index contributed by atoms with van der Waals surface area (Å²) in [6, 6.07) is 12.5. The Bertz CT molecular complexity index is 687. The van der Waals surface area contributed by atoms with Crippen molar-refractivity contribution < 1.29 is 9.47 Å². The van der Waals surface area contributed by atoms with E-state index >= 15 is 0 Å². The van der Waals surface area contributed by atoms with Gasteiger partial charge in [0.25, 0.3) is 0 Å². The van der Waals surface area contributed by atoms with Crippen molar-refractivity contribution in [1.29, 1.82) is 0 Å². The van der Waals surface area contributed by atoms with Gasteiger partial charge in [0.2, 0.25) is 0 Å². The van der Waals surface area contributed by atoms with Crippen molar-refractivity contribution >= 4 is 15.9 Å². The predicted octanol–water partition coefficient (Wildman–Crippen LogP) is 4.39. The lowest BCUT2D eigenvalue weighted by atomic mass is 10.1. The van der Waals surface area contributed by atoms with Gasteiger partial charge in [-0.25, -0.2) is 0 Å². The molecule has 1 N–H and O–H groups in total. The first kappa shape index (κ1) is 20.7. The molecule has 0 amide bonds. The number of aryl methyl sites for hydroxylation is 1. The molecule has 0 bridgehead atoms. The number of nitrogens with one attached hydrogen (secondary N) is 1. The van der Waals surface area contributed by atoms with Gasteiger partial charge in [0.15, 0.2) is 11.5 Å². The highest BCUT2D eigenvalue weighted by Crippen LogP contribution is 2.37. The third-order valence-corrected chi connectivity index (χ3v) is 4.67. The van der Waals surface area contributed by atoms with E-state index in [4.69, 9.17) is 9.47 Å². The molecule has 0 heterocycles. The zero-order valence-electron chi connectivity index (χ0n) is 16.1. The van der Waals surface area contributed by atoms with Crippen molar-refractivity contribution in [3.8, 4) is 11.5 Å². The van der Waals surface area contributed by atoms with Crippen molar-refractivity contribution in [2.24, 2.45) is 0 Å². The molecule has 4 nitrogen and oxygen atoms in total. The fourth-order valence-corrected chi connectivity index (χ4v) is 3.21. The SMILES string of the molecule is COc1cc(CNCCCN(C)C)cc(Br)c1OCc1ccc(C)cc1. The summed E-state index contributed by atoms with van der Waals surface area (Å²) < 4.78 is 12.5. The Morgan fingerprint density at radius 2 is 1.81 bits per heavy atom. The van der Waals surface area contributed by atoms with E-state index in [1.807, 2.05) is 6.07 Å². The van der Waals surface area contributed by atoms with Crippen LogP contribution in [0.25, 0.3) is 0 Å². The van der Waals surface area contributed by atoms with Crippen molar-refractivity contribution in [3.05, 3.63) is 57.6 Å². The summed E-state index contributed by atoms with van der Waals surface area (Å²) in [6.45, 7) is 5.48. The van der Waals surface area contributed by atoms with Crippen molar-refractivity contribution in [1.82, 2.24) is 10.2 Å². The van der Waals surface area contributed by atoms with Gasteiger partial charge in [-0.05, 0) is 79.7 Å². The van der Waals surface area contributed by atoms with Gasteiger partial charge in [-0.15, -0.1) is 0 Å². The molecule has 0 aliphatic rings. The maximum Gasteiger partial charge on any atom is 0.175 e. The lowest BCUT2D eigenvalue weighted by Crippen LogP contribution is -2.21. The van der Waals surface area contributed by atoms with E-state index in [2.05, 4.69) is 77.5 Å². The Labute approximate surface area is 165 Å². The van der Waals surface area contributed by atoms with Crippen LogP contribution in [0.4, 0.5) is 0 Å². The molecule has 2 rings (SSSR count). The zero-order valence-corrected chi connectivity index (χ0v) is 17.7. The standard InChI is InChI=1S/C21H29BrN2O2/c1-16-6-8-17(9-7-16)15-26-21-19(22)12-18(13-20(21)25-4)14-23-10-5-11-24(2)3/h6-9,12-13,23H,5,10-11,14-15H2,1-4H3. The number of halogens is 1. The molecule has 0 fully saturated rings. The molecule has 26 heavy (non-hydrogen) atoms. The number of ether oxygens (including phenoxy) is 2. The second-order valence-electron chi connectivity index (χ2n) is 6.72. The normalized spacial score (nSPS) is 11.0. The maximum atomic E-state index is 6.01. The van der Waals surface area contributed by atoms with Gasteiger partial charge in [-0.2, -0.15) is 0 Å². The van der Waals surface area contributed by atoms with Gasteiger partial charge < -0.3 is 19.7 Å². The highest BCUT2D eigenvalue weighted by atomic mass is 79.9. The topological polar surface area (TPSA) is 33.7 Å². The van der Waals surface area contributed by atoms with Crippen LogP contribution in [0.3, 0.4) is 0 Å². The average Bonchev–Trinajstić information content (AvgIpc) is 2.61. The minimum atomic E-state index is 0.511. The molecule has 0 unspecified atom stereocenters. The summed E-state index contributed by atoms with van der Waals surface area (Å²) in [6.07, 6.45) is 1.13. The molecule has 0 aliphatic heterocycles. The van der Waals surface area contributed by atoms with Crippen LogP contribution in [-0.2, 0) is 13.2 Å². The molecule has 0 atom stereocenters. The molecular formula is C21H29BrN2O2. The molecule has 0 saturated heterocycles. The molecule has 0 saturated carbocycles. The predicted molar refractivity (Wildman–Crippen MR) is 111 cm³/mol. The maximum absolute atomic E-state index is 6.01. The summed E-state index contributed by atoms with van der Waals surface area (Å²) in [4.78, 5) is 2.20. The van der Waals surface area contributed by atoms with Crippen LogP contribution in [0.2, 0.25) is 0 Å². The molecule has 0 spiro atoms. The molecule has 0 aromatic heterocycles. The minimum Gasteiger partial charge on any atom is -0.493 e. The number of rotatable bonds is 10. The van der Waals surface area contributed by atoms with Crippen LogP contribution >= 0.6 is 15.9 Å². The first-order valence-corrected chi connectivity index (χ1v) is 9.69. The van der Waals surface area contributed by atoms with Crippen LogP contribution in [-0.4, -0.2) is 39.2 Å².